The van der Waals surface area contributed by atoms with Gasteiger partial charge < -0.3 is 14.2 Å². The van der Waals surface area contributed by atoms with Crippen LogP contribution in [0.3, 0.4) is 0 Å². The van der Waals surface area contributed by atoms with Gasteiger partial charge in [-0.25, -0.2) is 4.79 Å². The number of hydrogen-bond donors (Lipinski definition) is 0. The molecule has 0 saturated heterocycles. The zero-order valence-corrected chi connectivity index (χ0v) is 8.70. The van der Waals surface area contributed by atoms with Crippen molar-refractivity contribution < 1.29 is 19.0 Å². The van der Waals surface area contributed by atoms with E-state index < -0.39 is 6.10 Å². The van der Waals surface area contributed by atoms with Gasteiger partial charge in [-0.15, -0.1) is 0 Å². The lowest BCUT2D eigenvalue weighted by Crippen LogP contribution is -2.24. The summed E-state index contributed by atoms with van der Waals surface area (Å²) < 4.78 is 14.9. The highest BCUT2D eigenvalue weighted by atomic mass is 16.6. The number of ether oxygens (including phenoxy) is 3. The van der Waals surface area contributed by atoms with Crippen molar-refractivity contribution in [2.75, 3.05) is 20.3 Å². The van der Waals surface area contributed by atoms with E-state index in [1.807, 2.05) is 13.8 Å². The number of methoxy groups -OCH3 is 1. The molecule has 0 aromatic carbocycles. The first-order chi connectivity index (χ1) is 6.07. The van der Waals surface area contributed by atoms with Crippen LogP contribution in [-0.2, 0) is 19.0 Å². The predicted molar refractivity (Wildman–Crippen MR) is 48.5 cm³/mol. The normalized spacial score (nSPS) is 13.0. The van der Waals surface area contributed by atoms with E-state index in [1.54, 1.807) is 6.92 Å². The summed E-state index contributed by atoms with van der Waals surface area (Å²) >= 11 is 0. The third kappa shape index (κ3) is 6.54. The van der Waals surface area contributed by atoms with E-state index in [1.165, 1.54) is 7.11 Å². The van der Waals surface area contributed by atoms with Gasteiger partial charge in [-0.2, -0.15) is 0 Å². The fourth-order valence-corrected chi connectivity index (χ4v) is 0.743. The van der Waals surface area contributed by atoms with E-state index in [0.717, 1.165) is 0 Å². The molecule has 0 fully saturated rings. The van der Waals surface area contributed by atoms with Crippen LogP contribution in [0.1, 0.15) is 20.8 Å². The Balaban J connectivity index is 3.37. The monoisotopic (exact) mass is 190 g/mol. The van der Waals surface area contributed by atoms with Gasteiger partial charge in [0.15, 0.2) is 6.10 Å². The van der Waals surface area contributed by atoms with E-state index in [2.05, 4.69) is 4.74 Å². The summed E-state index contributed by atoms with van der Waals surface area (Å²) in [6.07, 6.45) is -0.321. The lowest BCUT2D eigenvalue weighted by molar-refractivity contribution is -0.153. The highest BCUT2D eigenvalue weighted by molar-refractivity contribution is 5.73. The smallest absolute Gasteiger partial charge is 0.334 e. The van der Waals surface area contributed by atoms with Gasteiger partial charge in [-0.05, 0) is 20.8 Å². The van der Waals surface area contributed by atoms with Crippen LogP contribution in [0.4, 0.5) is 0 Å². The Kier molecular flexibility index (Phi) is 6.54. The Morgan fingerprint density at radius 3 is 2.15 bits per heavy atom. The second-order valence-electron chi connectivity index (χ2n) is 2.96. The molecular formula is C9H18O4. The van der Waals surface area contributed by atoms with Gasteiger partial charge in [-0.3, -0.25) is 0 Å². The molecule has 13 heavy (non-hydrogen) atoms. The van der Waals surface area contributed by atoms with Crippen molar-refractivity contribution >= 4 is 5.97 Å². The van der Waals surface area contributed by atoms with Crippen LogP contribution in [0.15, 0.2) is 0 Å². The van der Waals surface area contributed by atoms with Crippen LogP contribution in [0.25, 0.3) is 0 Å². The molecule has 0 aliphatic rings. The molecule has 0 unspecified atom stereocenters. The molecule has 4 nitrogen and oxygen atoms in total. The summed E-state index contributed by atoms with van der Waals surface area (Å²) in [4.78, 5) is 10.9. The third-order valence-electron chi connectivity index (χ3n) is 1.44. The van der Waals surface area contributed by atoms with Crippen molar-refractivity contribution in [1.29, 1.82) is 0 Å². The molecule has 1 atom stereocenters. The Morgan fingerprint density at radius 2 is 1.69 bits per heavy atom. The molecule has 0 aromatic heterocycles. The minimum absolute atomic E-state index is 0.192. The van der Waals surface area contributed by atoms with E-state index in [-0.39, 0.29) is 12.1 Å². The second-order valence-corrected chi connectivity index (χ2v) is 2.96. The Bertz CT molecular complexity index is 145. The first-order valence-electron chi connectivity index (χ1n) is 4.39. The molecule has 0 saturated carbocycles. The molecule has 0 bridgehead atoms. The van der Waals surface area contributed by atoms with Crippen molar-refractivity contribution in [2.24, 2.45) is 0 Å². The Labute approximate surface area is 79.2 Å². The van der Waals surface area contributed by atoms with Crippen LogP contribution in [0, 0.1) is 0 Å². The van der Waals surface area contributed by atoms with Crippen molar-refractivity contribution in [2.45, 2.75) is 33.0 Å². The first-order valence-corrected chi connectivity index (χ1v) is 4.39. The highest BCUT2D eigenvalue weighted by Gasteiger charge is 2.12. The molecule has 0 rings (SSSR count). The molecule has 0 radical (unpaired) electrons. The summed E-state index contributed by atoms with van der Waals surface area (Å²) in [6, 6.07) is 0. The van der Waals surface area contributed by atoms with Crippen molar-refractivity contribution in [3.63, 3.8) is 0 Å². The third-order valence-corrected chi connectivity index (χ3v) is 1.44. The van der Waals surface area contributed by atoms with Crippen molar-refractivity contribution in [3.8, 4) is 0 Å². The molecule has 0 aromatic rings. The summed E-state index contributed by atoms with van der Waals surface area (Å²) in [6.45, 7) is 6.46. The van der Waals surface area contributed by atoms with E-state index in [9.17, 15) is 4.79 Å². The Hall–Kier alpha value is -0.610. The molecular weight excluding hydrogens is 172 g/mol. The molecule has 0 heterocycles. The zero-order valence-electron chi connectivity index (χ0n) is 8.70. The maximum atomic E-state index is 10.9. The summed E-state index contributed by atoms with van der Waals surface area (Å²) in [5.74, 6) is -0.357. The number of rotatable bonds is 6. The van der Waals surface area contributed by atoms with Gasteiger partial charge in [0.2, 0.25) is 0 Å². The van der Waals surface area contributed by atoms with Gasteiger partial charge in [0, 0.05) is 0 Å². The number of esters is 1. The summed E-state index contributed by atoms with van der Waals surface area (Å²) in [5.41, 5.74) is 0. The van der Waals surface area contributed by atoms with Crippen molar-refractivity contribution in [1.82, 2.24) is 0 Å². The lowest BCUT2D eigenvalue weighted by Gasteiger charge is -2.11. The quantitative estimate of drug-likeness (QED) is 0.463. The number of hydrogen-bond acceptors (Lipinski definition) is 4. The molecule has 78 valence electrons. The van der Waals surface area contributed by atoms with E-state index >= 15 is 0 Å². The predicted octanol–water partition coefficient (Wildman–Crippen LogP) is 0.989. The fourth-order valence-electron chi connectivity index (χ4n) is 0.743. The number of carbonyl (C=O) groups is 1. The average molecular weight is 190 g/mol. The minimum Gasteiger partial charge on any atom is -0.467 e. The first kappa shape index (κ1) is 12.4. The SMILES string of the molecule is COC(=O)[C@H](C)OCCOC(C)C. The van der Waals surface area contributed by atoms with Crippen LogP contribution in [0.2, 0.25) is 0 Å². The van der Waals surface area contributed by atoms with E-state index in [0.29, 0.717) is 13.2 Å². The van der Waals surface area contributed by atoms with Crippen LogP contribution >= 0.6 is 0 Å². The molecule has 0 amide bonds. The largest absolute Gasteiger partial charge is 0.467 e. The summed E-state index contributed by atoms with van der Waals surface area (Å²) in [7, 11) is 1.34. The molecule has 0 aliphatic carbocycles. The van der Waals surface area contributed by atoms with Crippen LogP contribution < -0.4 is 0 Å². The molecule has 0 N–H and O–H groups in total. The van der Waals surface area contributed by atoms with Gasteiger partial charge in [0.1, 0.15) is 0 Å². The standard InChI is InChI=1S/C9H18O4/c1-7(2)12-5-6-13-8(3)9(10)11-4/h7-8H,5-6H2,1-4H3/t8-/m0/s1. The van der Waals surface area contributed by atoms with Gasteiger partial charge >= 0.3 is 5.97 Å². The molecule has 0 aliphatic heterocycles. The maximum absolute atomic E-state index is 10.9. The van der Waals surface area contributed by atoms with Crippen LogP contribution in [-0.4, -0.2) is 38.5 Å². The zero-order chi connectivity index (χ0) is 10.3. The number of carbonyl (C=O) groups excluding carboxylic acids is 1. The fraction of sp³-hybridized carbons (Fsp3) is 0.889. The lowest BCUT2D eigenvalue weighted by atomic mass is 10.4. The van der Waals surface area contributed by atoms with Gasteiger partial charge in [0.25, 0.3) is 0 Å². The average Bonchev–Trinajstić information content (AvgIpc) is 2.10. The summed E-state index contributed by atoms with van der Waals surface area (Å²) in [5, 5.41) is 0. The maximum Gasteiger partial charge on any atom is 0.334 e. The highest BCUT2D eigenvalue weighted by Crippen LogP contribution is 1.94. The minimum atomic E-state index is -0.513. The van der Waals surface area contributed by atoms with Crippen LogP contribution in [0.5, 0.6) is 0 Å². The van der Waals surface area contributed by atoms with Gasteiger partial charge in [-0.1, -0.05) is 0 Å². The second kappa shape index (κ2) is 6.86. The Morgan fingerprint density at radius 1 is 1.15 bits per heavy atom. The van der Waals surface area contributed by atoms with E-state index in [4.69, 9.17) is 9.47 Å². The van der Waals surface area contributed by atoms with Crippen molar-refractivity contribution in [3.05, 3.63) is 0 Å². The molecule has 4 heteroatoms. The van der Waals surface area contributed by atoms with Gasteiger partial charge in [0.05, 0.1) is 26.4 Å². The molecule has 0 spiro atoms. The topological polar surface area (TPSA) is 44.8 Å².